The van der Waals surface area contributed by atoms with Gasteiger partial charge in [-0.2, -0.15) is 0 Å². The predicted octanol–water partition coefficient (Wildman–Crippen LogP) is 4.67. The van der Waals surface area contributed by atoms with Gasteiger partial charge in [-0.3, -0.25) is 4.99 Å². The third kappa shape index (κ3) is 5.02. The second kappa shape index (κ2) is 8.64. The van der Waals surface area contributed by atoms with Crippen LogP contribution in [0.1, 0.15) is 5.56 Å². The summed E-state index contributed by atoms with van der Waals surface area (Å²) in [6.45, 7) is 0.662. The van der Waals surface area contributed by atoms with Gasteiger partial charge in [-0.1, -0.05) is 54.2 Å². The monoisotopic (exact) mass is 318 g/mol. The molecule has 2 aromatic carbocycles. The lowest BCUT2D eigenvalue weighted by molar-refractivity contribution is 0.653. The smallest absolute Gasteiger partial charge is 0.161 e. The molecule has 0 heterocycles. The molecule has 0 aliphatic heterocycles. The van der Waals surface area contributed by atoms with E-state index in [4.69, 9.17) is 4.18 Å². The van der Waals surface area contributed by atoms with Crippen LogP contribution in [-0.4, -0.2) is 17.7 Å². The summed E-state index contributed by atoms with van der Waals surface area (Å²) in [5.41, 5.74) is 2.12. The van der Waals surface area contributed by atoms with E-state index >= 15 is 0 Å². The zero-order valence-corrected chi connectivity index (χ0v) is 13.7. The average molecular weight is 318 g/mol. The number of hydrogen-bond acceptors (Lipinski definition) is 4. The molecule has 0 amide bonds. The van der Waals surface area contributed by atoms with Crippen LogP contribution in [0.5, 0.6) is 5.75 Å². The van der Waals surface area contributed by atoms with Crippen LogP contribution in [0.4, 0.5) is 5.69 Å². The zero-order valence-electron chi connectivity index (χ0n) is 12.1. The molecule has 0 bridgehead atoms. The maximum atomic E-state index is 5.54. The number of nitrogens with one attached hydrogen (secondary N) is 1. The molecule has 110 valence electrons. The van der Waals surface area contributed by atoms with Gasteiger partial charge in [0.1, 0.15) is 0 Å². The van der Waals surface area contributed by atoms with Crippen LogP contribution in [-0.2, 0) is 6.54 Å². The molecular formula is C16H18N2OS2. The van der Waals surface area contributed by atoms with Crippen LogP contribution < -0.4 is 9.50 Å². The third-order valence-corrected chi connectivity index (χ3v) is 3.71. The first-order valence-electron chi connectivity index (χ1n) is 6.52. The molecule has 0 aromatic heterocycles. The van der Waals surface area contributed by atoms with Crippen molar-refractivity contribution in [2.75, 3.05) is 17.8 Å². The Balaban J connectivity index is 2.08. The fraction of sp³-hybridized carbons (Fsp3) is 0.188. The van der Waals surface area contributed by atoms with Crippen molar-refractivity contribution in [3.63, 3.8) is 0 Å². The van der Waals surface area contributed by atoms with Crippen LogP contribution in [0, 0.1) is 0 Å². The van der Waals surface area contributed by atoms with Gasteiger partial charge in [0, 0.05) is 6.26 Å². The van der Waals surface area contributed by atoms with E-state index in [-0.39, 0.29) is 0 Å². The van der Waals surface area contributed by atoms with Crippen molar-refractivity contribution in [2.45, 2.75) is 6.54 Å². The Morgan fingerprint density at radius 2 is 1.76 bits per heavy atom. The Labute approximate surface area is 134 Å². The number of nitrogens with zero attached hydrogens (tertiary/aromatic N) is 1. The molecule has 1 N–H and O–H groups in total. The first-order valence-corrected chi connectivity index (χ1v) is 8.90. The van der Waals surface area contributed by atoms with Gasteiger partial charge in [0.05, 0.1) is 24.3 Å². The van der Waals surface area contributed by atoms with Crippen molar-refractivity contribution < 1.29 is 4.18 Å². The molecular weight excluding hydrogens is 300 g/mol. The highest BCUT2D eigenvalue weighted by molar-refractivity contribution is 8.13. The molecule has 0 fully saturated rings. The number of thioether (sulfide) groups is 1. The summed E-state index contributed by atoms with van der Waals surface area (Å²) in [6, 6.07) is 18.1. The van der Waals surface area contributed by atoms with Crippen molar-refractivity contribution in [1.29, 1.82) is 0 Å². The Bertz CT molecular complexity index is 588. The van der Waals surface area contributed by atoms with E-state index in [0.717, 1.165) is 16.6 Å². The minimum atomic E-state index is 0.662. The molecule has 0 aliphatic carbocycles. The molecule has 0 saturated carbocycles. The molecule has 2 rings (SSSR count). The summed E-state index contributed by atoms with van der Waals surface area (Å²) < 4.78 is 5.54. The van der Waals surface area contributed by atoms with Crippen molar-refractivity contribution in [1.82, 2.24) is 0 Å². The molecule has 0 spiro atoms. The molecule has 21 heavy (non-hydrogen) atoms. The summed E-state index contributed by atoms with van der Waals surface area (Å²) in [6.07, 6.45) is 3.91. The summed E-state index contributed by atoms with van der Waals surface area (Å²) >= 11 is 2.91. The largest absolute Gasteiger partial charge is 0.424 e. The van der Waals surface area contributed by atoms with Gasteiger partial charge in [-0.25, -0.2) is 0 Å². The summed E-state index contributed by atoms with van der Waals surface area (Å²) in [5.74, 6) is 0.812. The van der Waals surface area contributed by atoms with Gasteiger partial charge in [-0.05, 0) is 24.0 Å². The standard InChI is InChI=1S/C16H18N2OS2/c1-20-16(17-12-13-8-4-3-5-9-13)18-14-10-6-7-11-15(14)19-21-2/h3-11H,12H2,1-2H3,(H,17,18). The second-order valence-corrected chi connectivity index (χ2v) is 5.48. The van der Waals surface area contributed by atoms with Crippen molar-refractivity contribution in [3.8, 4) is 5.75 Å². The minimum Gasteiger partial charge on any atom is -0.424 e. The summed E-state index contributed by atoms with van der Waals surface area (Å²) in [7, 11) is 0. The minimum absolute atomic E-state index is 0.662. The van der Waals surface area contributed by atoms with E-state index in [0.29, 0.717) is 6.54 Å². The van der Waals surface area contributed by atoms with Crippen LogP contribution in [0.15, 0.2) is 59.6 Å². The average Bonchev–Trinajstić information content (AvgIpc) is 2.54. The Morgan fingerprint density at radius 3 is 2.48 bits per heavy atom. The van der Waals surface area contributed by atoms with Crippen LogP contribution in [0.2, 0.25) is 0 Å². The van der Waals surface area contributed by atoms with Crippen LogP contribution >= 0.6 is 23.8 Å². The van der Waals surface area contributed by atoms with Gasteiger partial charge >= 0.3 is 0 Å². The quantitative estimate of drug-likeness (QED) is 0.493. The molecule has 0 unspecified atom stereocenters. The molecule has 5 heteroatoms. The summed E-state index contributed by atoms with van der Waals surface area (Å²) in [5, 5.41) is 4.20. The van der Waals surface area contributed by atoms with E-state index < -0.39 is 0 Å². The number of aliphatic imine (C=N–C) groups is 1. The van der Waals surface area contributed by atoms with Crippen molar-refractivity contribution in [3.05, 3.63) is 60.2 Å². The lowest BCUT2D eigenvalue weighted by atomic mass is 10.2. The molecule has 0 saturated heterocycles. The normalized spacial score (nSPS) is 11.2. The highest BCUT2D eigenvalue weighted by atomic mass is 32.2. The van der Waals surface area contributed by atoms with Gasteiger partial charge < -0.3 is 9.50 Å². The molecule has 2 aromatic rings. The van der Waals surface area contributed by atoms with E-state index in [1.54, 1.807) is 11.8 Å². The SMILES string of the molecule is CSOc1ccccc1NC(=NCc1ccccc1)SC. The number of rotatable bonds is 5. The maximum absolute atomic E-state index is 5.54. The second-order valence-electron chi connectivity index (χ2n) is 4.18. The van der Waals surface area contributed by atoms with E-state index in [2.05, 4.69) is 22.4 Å². The molecule has 3 nitrogen and oxygen atoms in total. The Kier molecular flexibility index (Phi) is 6.50. The first-order chi connectivity index (χ1) is 10.3. The summed E-state index contributed by atoms with van der Waals surface area (Å²) in [4.78, 5) is 4.62. The maximum Gasteiger partial charge on any atom is 0.161 e. The van der Waals surface area contributed by atoms with E-state index in [1.165, 1.54) is 17.6 Å². The van der Waals surface area contributed by atoms with Crippen LogP contribution in [0.3, 0.4) is 0 Å². The first kappa shape index (κ1) is 15.8. The van der Waals surface area contributed by atoms with Crippen molar-refractivity contribution in [2.24, 2.45) is 4.99 Å². The fourth-order valence-electron chi connectivity index (χ4n) is 1.75. The number of hydrogen-bond donors (Lipinski definition) is 1. The fourth-order valence-corrected chi connectivity index (χ4v) is 2.48. The van der Waals surface area contributed by atoms with Gasteiger partial charge in [-0.15, -0.1) is 0 Å². The number of anilines is 1. The highest BCUT2D eigenvalue weighted by Gasteiger charge is 2.05. The van der Waals surface area contributed by atoms with Gasteiger partial charge in [0.15, 0.2) is 10.9 Å². The van der Waals surface area contributed by atoms with Gasteiger partial charge in [0.25, 0.3) is 0 Å². The number of amidine groups is 1. The topological polar surface area (TPSA) is 33.6 Å². The lowest BCUT2D eigenvalue weighted by Crippen LogP contribution is -2.08. The molecule has 0 atom stereocenters. The van der Waals surface area contributed by atoms with E-state index in [9.17, 15) is 0 Å². The molecule has 0 radical (unpaired) electrons. The number of para-hydroxylation sites is 2. The highest BCUT2D eigenvalue weighted by Crippen LogP contribution is 2.27. The lowest BCUT2D eigenvalue weighted by Gasteiger charge is -2.11. The predicted molar refractivity (Wildman–Crippen MR) is 95.3 cm³/mol. The number of benzene rings is 2. The van der Waals surface area contributed by atoms with Crippen LogP contribution in [0.25, 0.3) is 0 Å². The van der Waals surface area contributed by atoms with Gasteiger partial charge in [0.2, 0.25) is 0 Å². The third-order valence-electron chi connectivity index (χ3n) is 2.74. The molecule has 0 aliphatic rings. The zero-order chi connectivity index (χ0) is 14.9. The Hall–Kier alpha value is -1.59. The Morgan fingerprint density at radius 1 is 1.05 bits per heavy atom. The van der Waals surface area contributed by atoms with E-state index in [1.807, 2.05) is 55.0 Å². The van der Waals surface area contributed by atoms with Crippen molar-refractivity contribution >= 4 is 34.7 Å².